The van der Waals surface area contributed by atoms with E-state index >= 15 is 0 Å². The molecule has 1 aromatic heterocycles. The van der Waals surface area contributed by atoms with Crippen molar-refractivity contribution in [3.8, 4) is 0 Å². The Labute approximate surface area is 163 Å². The van der Waals surface area contributed by atoms with Crippen molar-refractivity contribution in [3.05, 3.63) is 65.0 Å². The van der Waals surface area contributed by atoms with E-state index in [1.165, 1.54) is 5.56 Å². The second-order valence-electron chi connectivity index (χ2n) is 7.59. The molecular weight excluding hydrogens is 360 g/mol. The predicted molar refractivity (Wildman–Crippen MR) is 103 cm³/mol. The lowest BCUT2D eigenvalue weighted by atomic mass is 9.92. The molecule has 0 radical (unpaired) electrons. The van der Waals surface area contributed by atoms with E-state index in [1.54, 1.807) is 6.20 Å². The number of benzene rings is 1. The maximum Gasteiger partial charge on any atom is 0.253 e. The lowest BCUT2D eigenvalue weighted by Gasteiger charge is -2.47. The minimum absolute atomic E-state index is 0.133. The number of hydrogen-bond donors (Lipinski definition) is 0. The molecule has 2 aromatic rings. The number of pyridine rings is 1. The van der Waals surface area contributed by atoms with Gasteiger partial charge >= 0.3 is 0 Å². The van der Waals surface area contributed by atoms with E-state index in [0.717, 1.165) is 42.1 Å². The monoisotopic (exact) mass is 382 g/mol. The number of ether oxygens (including phenoxy) is 2. The van der Waals surface area contributed by atoms with Crippen LogP contribution in [0.1, 0.15) is 33.6 Å². The van der Waals surface area contributed by atoms with Crippen molar-refractivity contribution in [2.45, 2.75) is 37.1 Å². The number of amides is 1. The molecule has 6 heteroatoms. The highest BCUT2D eigenvalue weighted by Gasteiger charge is 2.51. The van der Waals surface area contributed by atoms with Crippen molar-refractivity contribution >= 4 is 17.7 Å². The lowest BCUT2D eigenvalue weighted by molar-refractivity contribution is 0.0245. The van der Waals surface area contributed by atoms with Gasteiger partial charge in [-0.05, 0) is 41.8 Å². The standard InChI is InChI=1S/C21H22N2O3S/c24-20(15-4-5-16-9-25-10-17(16)7-15)23-13-21(14-23)8-19(12-27-21)26-11-18-3-1-2-6-22-18/h1-7,19H,8-14H2/t19-/m1/s1. The summed E-state index contributed by atoms with van der Waals surface area (Å²) in [4.78, 5) is 19.1. The molecule has 3 aliphatic heterocycles. The predicted octanol–water partition coefficient (Wildman–Crippen LogP) is 3.03. The molecule has 0 unspecified atom stereocenters. The van der Waals surface area contributed by atoms with Gasteiger partial charge in [-0.1, -0.05) is 12.1 Å². The number of carbonyl (C=O) groups excluding carboxylic acids is 1. The summed E-state index contributed by atoms with van der Waals surface area (Å²) in [6.45, 7) is 3.46. The summed E-state index contributed by atoms with van der Waals surface area (Å²) in [5.74, 6) is 1.12. The van der Waals surface area contributed by atoms with Gasteiger partial charge in [-0.3, -0.25) is 9.78 Å². The average Bonchev–Trinajstić information content (AvgIpc) is 3.32. The minimum Gasteiger partial charge on any atom is -0.372 e. The summed E-state index contributed by atoms with van der Waals surface area (Å²) in [5.41, 5.74) is 4.09. The lowest BCUT2D eigenvalue weighted by Crippen LogP contribution is -2.60. The van der Waals surface area contributed by atoms with Gasteiger partial charge in [-0.2, -0.15) is 0 Å². The van der Waals surface area contributed by atoms with Crippen LogP contribution < -0.4 is 0 Å². The van der Waals surface area contributed by atoms with E-state index in [9.17, 15) is 4.79 Å². The molecule has 1 atom stereocenters. The Hall–Kier alpha value is -1.89. The maximum atomic E-state index is 12.8. The van der Waals surface area contributed by atoms with Crippen LogP contribution in [0.5, 0.6) is 0 Å². The molecule has 3 aliphatic rings. The maximum absolute atomic E-state index is 12.8. The first-order chi connectivity index (χ1) is 13.2. The van der Waals surface area contributed by atoms with Crippen LogP contribution in [0.15, 0.2) is 42.6 Å². The van der Waals surface area contributed by atoms with Crippen molar-refractivity contribution in [1.82, 2.24) is 9.88 Å². The molecule has 1 amide bonds. The summed E-state index contributed by atoms with van der Waals surface area (Å²) in [7, 11) is 0. The summed E-state index contributed by atoms with van der Waals surface area (Å²) < 4.78 is 11.7. The Morgan fingerprint density at radius 1 is 1.26 bits per heavy atom. The molecule has 5 rings (SSSR count). The van der Waals surface area contributed by atoms with Crippen molar-refractivity contribution in [2.75, 3.05) is 18.8 Å². The van der Waals surface area contributed by atoms with E-state index in [2.05, 4.69) is 4.98 Å². The van der Waals surface area contributed by atoms with Crippen molar-refractivity contribution < 1.29 is 14.3 Å². The van der Waals surface area contributed by atoms with Crippen molar-refractivity contribution in [2.24, 2.45) is 0 Å². The second kappa shape index (κ2) is 6.93. The second-order valence-corrected chi connectivity index (χ2v) is 9.08. The van der Waals surface area contributed by atoms with Crippen LogP contribution in [0, 0.1) is 0 Å². The summed E-state index contributed by atoms with van der Waals surface area (Å²) in [6.07, 6.45) is 3.04. The van der Waals surface area contributed by atoms with Crippen LogP contribution in [0.4, 0.5) is 0 Å². The molecule has 0 N–H and O–H groups in total. The molecule has 2 saturated heterocycles. The third-order valence-corrected chi connectivity index (χ3v) is 7.16. The van der Waals surface area contributed by atoms with E-state index in [0.29, 0.717) is 19.8 Å². The number of carbonyl (C=O) groups is 1. The van der Waals surface area contributed by atoms with Gasteiger partial charge in [0.05, 0.1) is 36.4 Å². The van der Waals surface area contributed by atoms with E-state index in [-0.39, 0.29) is 16.8 Å². The fourth-order valence-electron chi connectivity index (χ4n) is 4.10. The Kier molecular flexibility index (Phi) is 4.42. The highest BCUT2D eigenvalue weighted by atomic mass is 32.2. The molecule has 1 spiro atoms. The quantitative estimate of drug-likeness (QED) is 0.814. The van der Waals surface area contributed by atoms with Gasteiger partial charge in [-0.25, -0.2) is 0 Å². The molecule has 0 saturated carbocycles. The molecule has 1 aromatic carbocycles. The SMILES string of the molecule is O=C(c1ccc2c(c1)COC2)N1CC2(C[C@@H](OCc3ccccn3)CS2)C1. The summed E-state index contributed by atoms with van der Waals surface area (Å²) >= 11 is 1.95. The van der Waals surface area contributed by atoms with Gasteiger partial charge in [0, 0.05) is 30.6 Å². The summed E-state index contributed by atoms with van der Waals surface area (Å²) in [6, 6.07) is 11.8. The van der Waals surface area contributed by atoms with Crippen LogP contribution in [0.3, 0.4) is 0 Å². The topological polar surface area (TPSA) is 51.7 Å². The van der Waals surface area contributed by atoms with Gasteiger partial charge in [0.1, 0.15) is 0 Å². The minimum atomic E-state index is 0.133. The first kappa shape index (κ1) is 17.2. The molecular formula is C21H22N2O3S. The highest BCUT2D eigenvalue weighted by Crippen LogP contribution is 2.46. The van der Waals surface area contributed by atoms with Gasteiger partial charge in [0.25, 0.3) is 5.91 Å². The molecule has 4 heterocycles. The fraction of sp³-hybridized carbons (Fsp3) is 0.429. The Bertz CT molecular complexity index is 852. The number of hydrogen-bond acceptors (Lipinski definition) is 5. The Morgan fingerprint density at radius 2 is 2.15 bits per heavy atom. The number of fused-ring (bicyclic) bond motifs is 1. The van der Waals surface area contributed by atoms with Gasteiger partial charge < -0.3 is 14.4 Å². The number of nitrogens with zero attached hydrogens (tertiary/aromatic N) is 2. The van der Waals surface area contributed by atoms with E-state index in [4.69, 9.17) is 9.47 Å². The number of aromatic nitrogens is 1. The van der Waals surface area contributed by atoms with Crippen LogP contribution >= 0.6 is 11.8 Å². The molecule has 0 bridgehead atoms. The zero-order valence-corrected chi connectivity index (χ0v) is 15.9. The van der Waals surface area contributed by atoms with Crippen molar-refractivity contribution in [1.29, 1.82) is 0 Å². The van der Waals surface area contributed by atoms with E-state index in [1.807, 2.05) is 53.1 Å². The molecule has 140 valence electrons. The highest BCUT2D eigenvalue weighted by molar-refractivity contribution is 8.01. The average molecular weight is 382 g/mol. The van der Waals surface area contributed by atoms with Crippen LogP contribution in [0.25, 0.3) is 0 Å². The first-order valence-corrected chi connectivity index (χ1v) is 10.3. The van der Waals surface area contributed by atoms with E-state index < -0.39 is 0 Å². The van der Waals surface area contributed by atoms with Crippen LogP contribution in [-0.2, 0) is 29.3 Å². The van der Waals surface area contributed by atoms with Crippen molar-refractivity contribution in [3.63, 3.8) is 0 Å². The third kappa shape index (κ3) is 3.37. The summed E-state index contributed by atoms with van der Waals surface area (Å²) in [5, 5.41) is 0. The largest absolute Gasteiger partial charge is 0.372 e. The molecule has 27 heavy (non-hydrogen) atoms. The number of likely N-dealkylation sites (tertiary alicyclic amines) is 1. The van der Waals surface area contributed by atoms with Gasteiger partial charge in [0.2, 0.25) is 0 Å². The Morgan fingerprint density at radius 3 is 3.00 bits per heavy atom. The smallest absolute Gasteiger partial charge is 0.253 e. The molecule has 0 aliphatic carbocycles. The zero-order chi connectivity index (χ0) is 18.3. The zero-order valence-electron chi connectivity index (χ0n) is 15.1. The molecule has 5 nitrogen and oxygen atoms in total. The number of thioether (sulfide) groups is 1. The van der Waals surface area contributed by atoms with Crippen LogP contribution in [-0.4, -0.2) is 45.5 Å². The third-order valence-electron chi connectivity index (χ3n) is 5.58. The first-order valence-electron chi connectivity index (χ1n) is 9.35. The normalized spacial score (nSPS) is 22.7. The Balaban J connectivity index is 1.15. The molecule has 2 fully saturated rings. The number of rotatable bonds is 4. The van der Waals surface area contributed by atoms with Gasteiger partial charge in [-0.15, -0.1) is 11.8 Å². The fourth-order valence-corrected chi connectivity index (χ4v) is 5.65. The van der Waals surface area contributed by atoms with Gasteiger partial charge in [0.15, 0.2) is 0 Å². The van der Waals surface area contributed by atoms with Crippen LogP contribution in [0.2, 0.25) is 0 Å².